The Balaban J connectivity index is 1.33. The van der Waals surface area contributed by atoms with Crippen LogP contribution in [0.3, 0.4) is 0 Å². The van der Waals surface area contributed by atoms with Gasteiger partial charge in [-0.05, 0) is 48.4 Å². The first-order valence-corrected chi connectivity index (χ1v) is 12.0. The van der Waals surface area contributed by atoms with Crippen molar-refractivity contribution in [1.82, 2.24) is 4.98 Å². The topological polar surface area (TPSA) is 98.9 Å². The second kappa shape index (κ2) is 10.5. The molecule has 3 aromatic carbocycles. The van der Waals surface area contributed by atoms with E-state index in [2.05, 4.69) is 4.98 Å². The van der Waals surface area contributed by atoms with Crippen molar-refractivity contribution in [2.75, 3.05) is 0 Å². The maximum absolute atomic E-state index is 12.4. The normalized spacial score (nSPS) is 11.1. The highest BCUT2D eigenvalue weighted by Crippen LogP contribution is 2.30. The van der Waals surface area contributed by atoms with Gasteiger partial charge in [0.15, 0.2) is 5.43 Å². The zero-order valence-corrected chi connectivity index (χ0v) is 20.3. The Morgan fingerprint density at radius 1 is 0.946 bits per heavy atom. The molecular formula is C30H25NO6. The van der Waals surface area contributed by atoms with Gasteiger partial charge in [0.25, 0.3) is 0 Å². The molecule has 0 bridgehead atoms. The van der Waals surface area contributed by atoms with Crippen molar-refractivity contribution in [2.24, 2.45) is 0 Å². The number of aryl methyl sites for hydroxylation is 1. The molecule has 0 amide bonds. The number of carboxylic acid groups (broad SMARTS) is 1. The Kier molecular flexibility index (Phi) is 6.85. The minimum absolute atomic E-state index is 0.254. The molecule has 1 N–H and O–H groups in total. The van der Waals surface area contributed by atoms with Crippen molar-refractivity contribution in [3.8, 4) is 11.5 Å². The van der Waals surface area contributed by atoms with Crippen LogP contribution in [0.4, 0.5) is 0 Å². The zero-order chi connectivity index (χ0) is 25.8. The summed E-state index contributed by atoms with van der Waals surface area (Å²) in [5, 5.41) is 10.7. The summed E-state index contributed by atoms with van der Waals surface area (Å²) in [6, 6.07) is 23.9. The number of fused-ring (bicyclic) bond motifs is 2. The average Bonchev–Trinajstić information content (AvgIpc) is 2.91. The molecule has 5 aromatic rings. The maximum Gasteiger partial charge on any atom is 0.371 e. The third-order valence-corrected chi connectivity index (χ3v) is 6.00. The van der Waals surface area contributed by atoms with Gasteiger partial charge in [-0.3, -0.25) is 4.79 Å². The average molecular weight is 496 g/mol. The van der Waals surface area contributed by atoms with E-state index >= 15 is 0 Å². The molecule has 7 heteroatoms. The predicted octanol–water partition coefficient (Wildman–Crippen LogP) is 6.15. The number of hydrogen-bond acceptors (Lipinski definition) is 6. The molecule has 7 nitrogen and oxygen atoms in total. The Bertz CT molecular complexity index is 1660. The van der Waals surface area contributed by atoms with E-state index in [-0.39, 0.29) is 12.2 Å². The first kappa shape index (κ1) is 24.1. The van der Waals surface area contributed by atoms with E-state index in [1.54, 1.807) is 12.1 Å². The van der Waals surface area contributed by atoms with Crippen LogP contribution >= 0.6 is 0 Å². The van der Waals surface area contributed by atoms with Crippen LogP contribution in [0.25, 0.3) is 21.9 Å². The lowest BCUT2D eigenvalue weighted by Gasteiger charge is -2.14. The van der Waals surface area contributed by atoms with Gasteiger partial charge < -0.3 is 19.0 Å². The summed E-state index contributed by atoms with van der Waals surface area (Å²) in [6.45, 7) is 2.59. The van der Waals surface area contributed by atoms with E-state index in [9.17, 15) is 14.7 Å². The minimum atomic E-state index is -1.29. The lowest BCUT2D eigenvalue weighted by Crippen LogP contribution is -2.08. The molecular weight excluding hydrogens is 470 g/mol. The third-order valence-electron chi connectivity index (χ3n) is 6.00. The molecule has 0 spiro atoms. The number of carboxylic acids is 1. The number of aromatic carboxylic acids is 1. The van der Waals surface area contributed by atoms with Gasteiger partial charge in [0.2, 0.25) is 5.76 Å². The molecule has 0 saturated heterocycles. The number of aromatic nitrogens is 1. The number of hydrogen-bond donors (Lipinski definition) is 1. The number of pyridine rings is 1. The smallest absolute Gasteiger partial charge is 0.371 e. The molecule has 0 fully saturated rings. The van der Waals surface area contributed by atoms with Crippen molar-refractivity contribution in [3.63, 3.8) is 0 Å². The molecule has 0 unspecified atom stereocenters. The molecule has 0 aliphatic rings. The number of rotatable bonds is 9. The van der Waals surface area contributed by atoms with Crippen molar-refractivity contribution in [2.45, 2.75) is 33.0 Å². The van der Waals surface area contributed by atoms with Gasteiger partial charge in [0, 0.05) is 17.0 Å². The van der Waals surface area contributed by atoms with Gasteiger partial charge in [-0.25, -0.2) is 9.78 Å². The minimum Gasteiger partial charge on any atom is -0.488 e. The Morgan fingerprint density at radius 2 is 1.81 bits per heavy atom. The van der Waals surface area contributed by atoms with Gasteiger partial charge in [0.05, 0.1) is 16.6 Å². The summed E-state index contributed by atoms with van der Waals surface area (Å²) in [5.41, 5.74) is 3.19. The summed E-state index contributed by atoms with van der Waals surface area (Å²) < 4.78 is 17.7. The van der Waals surface area contributed by atoms with E-state index in [4.69, 9.17) is 13.9 Å². The molecule has 5 rings (SSSR count). The molecule has 37 heavy (non-hydrogen) atoms. The monoisotopic (exact) mass is 495 g/mol. The Morgan fingerprint density at radius 3 is 2.65 bits per heavy atom. The summed E-state index contributed by atoms with van der Waals surface area (Å²) >= 11 is 0. The van der Waals surface area contributed by atoms with Gasteiger partial charge >= 0.3 is 5.97 Å². The first-order valence-electron chi connectivity index (χ1n) is 12.0. The van der Waals surface area contributed by atoms with Crippen molar-refractivity contribution < 1.29 is 23.8 Å². The van der Waals surface area contributed by atoms with Crippen LogP contribution in [0.15, 0.2) is 88.1 Å². The number of carbonyl (C=O) groups is 1. The molecule has 0 atom stereocenters. The quantitative estimate of drug-likeness (QED) is 0.262. The largest absolute Gasteiger partial charge is 0.488 e. The number of ether oxygens (including phenoxy) is 2. The van der Waals surface area contributed by atoms with Crippen molar-refractivity contribution in [1.29, 1.82) is 0 Å². The predicted molar refractivity (Wildman–Crippen MR) is 140 cm³/mol. The number of benzene rings is 3. The molecule has 0 aliphatic carbocycles. The van der Waals surface area contributed by atoms with Crippen molar-refractivity contribution >= 4 is 27.8 Å². The van der Waals surface area contributed by atoms with Crippen molar-refractivity contribution in [3.05, 3.63) is 112 Å². The zero-order valence-electron chi connectivity index (χ0n) is 20.3. The lowest BCUT2D eigenvalue weighted by molar-refractivity contribution is 0.0663. The van der Waals surface area contributed by atoms with Crippen LogP contribution in [0.5, 0.6) is 11.5 Å². The highest BCUT2D eigenvalue weighted by atomic mass is 16.5. The SMILES string of the molecule is CCCc1c(OCc2cccc(OCc3ccc4ccccc4n3)c2)ccc2c(=O)cc(C(=O)O)oc12. The van der Waals surface area contributed by atoms with Crippen LogP contribution in [0, 0.1) is 0 Å². The highest BCUT2D eigenvalue weighted by molar-refractivity contribution is 5.89. The summed E-state index contributed by atoms with van der Waals surface area (Å²) in [4.78, 5) is 28.5. The summed E-state index contributed by atoms with van der Waals surface area (Å²) in [6.07, 6.45) is 1.34. The summed E-state index contributed by atoms with van der Waals surface area (Å²) in [5.74, 6) is -0.437. The van der Waals surface area contributed by atoms with Crippen LogP contribution in [-0.2, 0) is 19.6 Å². The molecule has 0 radical (unpaired) electrons. The first-order chi connectivity index (χ1) is 18.0. The second-order valence-corrected chi connectivity index (χ2v) is 8.67. The second-order valence-electron chi connectivity index (χ2n) is 8.67. The fourth-order valence-corrected chi connectivity index (χ4v) is 4.22. The standard InChI is InChI=1S/C30H25NO6/c1-2-6-24-27(14-13-23-26(32)16-28(30(33)34)37-29(23)24)36-17-19-7-5-9-22(15-19)35-18-21-12-11-20-8-3-4-10-25(20)31-21/h3-5,7-16H,2,6,17-18H2,1H3,(H,33,34). The summed E-state index contributed by atoms with van der Waals surface area (Å²) in [7, 11) is 0. The van der Waals surface area contributed by atoms with Gasteiger partial charge in [-0.2, -0.15) is 0 Å². The van der Waals surface area contributed by atoms with Crippen LogP contribution < -0.4 is 14.9 Å². The van der Waals surface area contributed by atoms with Gasteiger partial charge in [0.1, 0.15) is 30.3 Å². The fourth-order valence-electron chi connectivity index (χ4n) is 4.22. The van der Waals surface area contributed by atoms with Gasteiger partial charge in [-0.1, -0.05) is 49.7 Å². The van der Waals surface area contributed by atoms with E-state index < -0.39 is 17.2 Å². The van der Waals surface area contributed by atoms with E-state index in [0.717, 1.165) is 34.6 Å². The molecule has 2 aromatic heterocycles. The Labute approximate surface area is 212 Å². The highest BCUT2D eigenvalue weighted by Gasteiger charge is 2.17. The molecule has 0 saturated carbocycles. The van der Waals surface area contributed by atoms with Gasteiger partial charge in [-0.15, -0.1) is 0 Å². The van der Waals surface area contributed by atoms with E-state index in [1.807, 2.05) is 67.6 Å². The Hall–Kier alpha value is -4.65. The number of nitrogens with zero attached hydrogens (tertiary/aromatic N) is 1. The van der Waals surface area contributed by atoms with Crippen LogP contribution in [-0.4, -0.2) is 16.1 Å². The van der Waals surface area contributed by atoms with E-state index in [1.165, 1.54) is 0 Å². The molecule has 2 heterocycles. The number of para-hydroxylation sites is 1. The maximum atomic E-state index is 12.4. The fraction of sp³-hybridized carbons (Fsp3) is 0.167. The molecule has 0 aliphatic heterocycles. The lowest BCUT2D eigenvalue weighted by atomic mass is 10.0. The van der Waals surface area contributed by atoms with Crippen LogP contribution in [0.1, 0.15) is 40.7 Å². The van der Waals surface area contributed by atoms with E-state index in [0.29, 0.717) is 35.5 Å². The molecule has 186 valence electrons. The third kappa shape index (κ3) is 5.30. The van der Waals surface area contributed by atoms with Crippen LogP contribution in [0.2, 0.25) is 0 Å².